The van der Waals surface area contributed by atoms with Crippen LogP contribution in [0.25, 0.3) is 0 Å². The summed E-state index contributed by atoms with van der Waals surface area (Å²) < 4.78 is 16.6. The Hall–Kier alpha value is -2.75. The Bertz CT molecular complexity index is 925. The lowest BCUT2D eigenvalue weighted by Gasteiger charge is -2.32. The summed E-state index contributed by atoms with van der Waals surface area (Å²) in [4.78, 5) is 2.09. The molecule has 6 heteroatoms. The summed E-state index contributed by atoms with van der Waals surface area (Å²) in [5, 5.41) is 20.6. The molecule has 0 heterocycles. The number of aliphatic hydroxyl groups excluding tert-OH is 1. The van der Waals surface area contributed by atoms with E-state index < -0.39 is 11.5 Å². The summed E-state index contributed by atoms with van der Waals surface area (Å²) in [5.41, 5.74) is 1.36. The number of benzene rings is 2. The molecule has 0 aromatic heterocycles. The Morgan fingerprint density at radius 3 is 2.36 bits per heavy atom. The minimum absolute atomic E-state index is 0.124. The first kappa shape index (κ1) is 26.5. The number of ether oxygens (including phenoxy) is 3. The molecule has 0 bridgehead atoms. The van der Waals surface area contributed by atoms with Crippen molar-refractivity contribution < 1.29 is 19.3 Å². The fourth-order valence-corrected chi connectivity index (χ4v) is 4.17. The molecule has 2 atom stereocenters. The molecule has 0 aliphatic rings. The number of nitrogens with zero attached hydrogens (tertiary/aromatic N) is 2. The quantitative estimate of drug-likeness (QED) is 0.477. The zero-order valence-electron chi connectivity index (χ0n) is 20.8. The number of hydrogen-bond donors (Lipinski definition) is 1. The standard InChI is InChI=1S/C27H38N2O4/c1-20(2)27(19-28,22-12-13-25(31-5)26(16-22)32-6)14-9-15-29(4)17-23(30)18-33-24-11-8-7-10-21(24)3/h7-8,10-13,16,20,23,30H,9,14-15,17-18H2,1-6H3. The fourth-order valence-electron chi connectivity index (χ4n) is 4.17. The van der Waals surface area contributed by atoms with Gasteiger partial charge in [0.25, 0.3) is 0 Å². The van der Waals surface area contributed by atoms with Crippen molar-refractivity contribution in [3.05, 3.63) is 53.6 Å². The third kappa shape index (κ3) is 6.86. The van der Waals surface area contributed by atoms with E-state index in [-0.39, 0.29) is 12.5 Å². The topological polar surface area (TPSA) is 75.0 Å². The number of hydrogen-bond acceptors (Lipinski definition) is 6. The molecular weight excluding hydrogens is 416 g/mol. The van der Waals surface area contributed by atoms with E-state index in [0.29, 0.717) is 24.5 Å². The van der Waals surface area contributed by atoms with Gasteiger partial charge in [-0.05, 0) is 68.6 Å². The molecule has 0 radical (unpaired) electrons. The molecule has 0 spiro atoms. The Morgan fingerprint density at radius 1 is 1.06 bits per heavy atom. The molecule has 2 unspecified atom stereocenters. The highest BCUT2D eigenvalue weighted by Gasteiger charge is 2.36. The Morgan fingerprint density at radius 2 is 1.76 bits per heavy atom. The van der Waals surface area contributed by atoms with Crippen molar-refractivity contribution in [1.29, 1.82) is 5.26 Å². The first-order chi connectivity index (χ1) is 15.8. The Labute approximate surface area is 198 Å². The number of para-hydroxylation sites is 1. The van der Waals surface area contributed by atoms with Gasteiger partial charge in [-0.25, -0.2) is 0 Å². The maximum Gasteiger partial charge on any atom is 0.161 e. The molecule has 0 saturated carbocycles. The van der Waals surface area contributed by atoms with Crippen LogP contribution in [-0.2, 0) is 5.41 Å². The average Bonchev–Trinajstić information content (AvgIpc) is 2.80. The van der Waals surface area contributed by atoms with Crippen molar-refractivity contribution in [3.8, 4) is 23.3 Å². The van der Waals surface area contributed by atoms with E-state index in [1.165, 1.54) is 0 Å². The third-order valence-corrected chi connectivity index (χ3v) is 6.24. The highest BCUT2D eigenvalue weighted by molar-refractivity contribution is 5.47. The second kappa shape index (κ2) is 12.5. The van der Waals surface area contributed by atoms with E-state index in [1.807, 2.05) is 56.4 Å². The second-order valence-electron chi connectivity index (χ2n) is 8.90. The normalized spacial score (nSPS) is 13.9. The zero-order chi connectivity index (χ0) is 24.4. The number of likely N-dealkylation sites (N-methyl/N-ethyl adjacent to an activating group) is 1. The molecule has 33 heavy (non-hydrogen) atoms. The van der Waals surface area contributed by atoms with E-state index in [4.69, 9.17) is 14.2 Å². The first-order valence-corrected chi connectivity index (χ1v) is 11.5. The van der Waals surface area contributed by atoms with Crippen molar-refractivity contribution >= 4 is 0 Å². The number of nitriles is 1. The molecule has 0 aliphatic heterocycles. The van der Waals surface area contributed by atoms with Gasteiger partial charge in [0, 0.05) is 6.54 Å². The van der Waals surface area contributed by atoms with Gasteiger partial charge in [-0.3, -0.25) is 0 Å². The second-order valence-corrected chi connectivity index (χ2v) is 8.90. The summed E-state index contributed by atoms with van der Waals surface area (Å²) >= 11 is 0. The van der Waals surface area contributed by atoms with Crippen molar-refractivity contribution in [2.75, 3.05) is 41.0 Å². The van der Waals surface area contributed by atoms with Gasteiger partial charge in [-0.15, -0.1) is 0 Å². The van der Waals surface area contributed by atoms with E-state index in [0.717, 1.165) is 29.8 Å². The van der Waals surface area contributed by atoms with Crippen molar-refractivity contribution in [2.24, 2.45) is 5.92 Å². The predicted octanol–water partition coefficient (Wildman–Crippen LogP) is 4.58. The lowest BCUT2D eigenvalue weighted by molar-refractivity contribution is 0.0751. The van der Waals surface area contributed by atoms with Crippen LogP contribution in [0.5, 0.6) is 17.2 Å². The highest BCUT2D eigenvalue weighted by Crippen LogP contribution is 2.40. The van der Waals surface area contributed by atoms with Crippen LogP contribution < -0.4 is 14.2 Å². The van der Waals surface area contributed by atoms with Crippen molar-refractivity contribution in [2.45, 2.75) is 45.1 Å². The van der Waals surface area contributed by atoms with Crippen molar-refractivity contribution in [1.82, 2.24) is 4.90 Å². The highest BCUT2D eigenvalue weighted by atomic mass is 16.5. The smallest absolute Gasteiger partial charge is 0.161 e. The molecule has 0 amide bonds. The lowest BCUT2D eigenvalue weighted by atomic mass is 9.69. The van der Waals surface area contributed by atoms with Gasteiger partial charge in [0.15, 0.2) is 11.5 Å². The van der Waals surface area contributed by atoms with Crippen LogP contribution in [0.15, 0.2) is 42.5 Å². The predicted molar refractivity (Wildman–Crippen MR) is 131 cm³/mol. The van der Waals surface area contributed by atoms with Gasteiger partial charge in [0.05, 0.1) is 25.7 Å². The van der Waals surface area contributed by atoms with Gasteiger partial charge >= 0.3 is 0 Å². The van der Waals surface area contributed by atoms with E-state index >= 15 is 0 Å². The first-order valence-electron chi connectivity index (χ1n) is 11.5. The van der Waals surface area contributed by atoms with Crippen LogP contribution in [-0.4, -0.2) is 57.1 Å². The van der Waals surface area contributed by atoms with E-state index in [9.17, 15) is 10.4 Å². The van der Waals surface area contributed by atoms with Crippen LogP contribution in [0.1, 0.15) is 37.8 Å². The molecule has 0 fully saturated rings. The summed E-state index contributed by atoms with van der Waals surface area (Å²) in [6.45, 7) is 7.67. The molecule has 2 aromatic rings. The van der Waals surface area contributed by atoms with Gasteiger partial charge < -0.3 is 24.2 Å². The fraction of sp³-hybridized carbons (Fsp3) is 0.519. The van der Waals surface area contributed by atoms with Gasteiger partial charge in [-0.1, -0.05) is 38.1 Å². The molecule has 2 rings (SSSR count). The van der Waals surface area contributed by atoms with Gasteiger partial charge in [-0.2, -0.15) is 5.26 Å². The van der Waals surface area contributed by atoms with Crippen LogP contribution >= 0.6 is 0 Å². The maximum atomic E-state index is 10.4. The maximum absolute atomic E-state index is 10.4. The lowest BCUT2D eigenvalue weighted by Crippen LogP contribution is -2.35. The molecule has 1 N–H and O–H groups in total. The number of aryl methyl sites for hydroxylation is 1. The number of rotatable bonds is 13. The largest absolute Gasteiger partial charge is 0.493 e. The molecule has 0 aliphatic carbocycles. The summed E-state index contributed by atoms with van der Waals surface area (Å²) in [6.07, 6.45) is 0.935. The minimum Gasteiger partial charge on any atom is -0.493 e. The van der Waals surface area contributed by atoms with Crippen molar-refractivity contribution in [3.63, 3.8) is 0 Å². The Balaban J connectivity index is 1.96. The monoisotopic (exact) mass is 454 g/mol. The molecule has 6 nitrogen and oxygen atoms in total. The van der Waals surface area contributed by atoms with E-state index in [2.05, 4.69) is 24.8 Å². The number of aliphatic hydroxyl groups is 1. The molecular formula is C27H38N2O4. The molecule has 0 saturated heterocycles. The van der Waals surface area contributed by atoms with Gasteiger partial charge in [0.1, 0.15) is 18.5 Å². The third-order valence-electron chi connectivity index (χ3n) is 6.24. The Kier molecular flexibility index (Phi) is 10.0. The minimum atomic E-state index is -0.632. The van der Waals surface area contributed by atoms with Gasteiger partial charge in [0.2, 0.25) is 0 Å². The zero-order valence-corrected chi connectivity index (χ0v) is 20.8. The number of methoxy groups -OCH3 is 2. The van der Waals surface area contributed by atoms with Crippen LogP contribution in [0, 0.1) is 24.2 Å². The van der Waals surface area contributed by atoms with E-state index in [1.54, 1.807) is 14.2 Å². The SMILES string of the molecule is COc1ccc(C(C#N)(CCCN(C)CC(O)COc2ccccc2C)C(C)C)cc1OC. The van der Waals surface area contributed by atoms with Crippen LogP contribution in [0.2, 0.25) is 0 Å². The van der Waals surface area contributed by atoms with Crippen LogP contribution in [0.4, 0.5) is 0 Å². The summed E-state index contributed by atoms with van der Waals surface area (Å²) in [7, 11) is 5.19. The molecule has 2 aromatic carbocycles. The summed E-state index contributed by atoms with van der Waals surface area (Å²) in [6, 6.07) is 16.1. The summed E-state index contributed by atoms with van der Waals surface area (Å²) in [5.74, 6) is 2.20. The average molecular weight is 455 g/mol. The molecule has 180 valence electrons. The van der Waals surface area contributed by atoms with Crippen LogP contribution in [0.3, 0.4) is 0 Å².